The molecule has 0 saturated heterocycles. The minimum atomic E-state index is -0.322. The van der Waals surface area contributed by atoms with E-state index < -0.39 is 0 Å². The highest BCUT2D eigenvalue weighted by Crippen LogP contribution is 2.22. The van der Waals surface area contributed by atoms with E-state index >= 15 is 0 Å². The fraction of sp³-hybridized carbons (Fsp3) is 0.850. The van der Waals surface area contributed by atoms with Crippen molar-refractivity contribution in [3.05, 3.63) is 12.2 Å². The van der Waals surface area contributed by atoms with Crippen molar-refractivity contribution in [1.82, 2.24) is 0 Å². The van der Waals surface area contributed by atoms with E-state index in [4.69, 9.17) is 0 Å². The maximum atomic E-state index is 10.1. The van der Waals surface area contributed by atoms with Crippen LogP contribution in [0.15, 0.2) is 17.1 Å². The number of unbranched alkanes of at least 4 members (excludes halogenated alkanes) is 7. The lowest BCUT2D eigenvalue weighted by atomic mass is 10.1. The van der Waals surface area contributed by atoms with Crippen LogP contribution in [-0.2, 0) is 0 Å². The molecule has 1 aliphatic heterocycles. The molecule has 1 rings (SSSR count). The number of aliphatic hydroxyl groups is 1. The van der Waals surface area contributed by atoms with Crippen LogP contribution in [0, 0.1) is 0 Å². The largest absolute Gasteiger partial charge is 0.345 e. The van der Waals surface area contributed by atoms with Gasteiger partial charge in [0.05, 0.1) is 13.1 Å². The Balaban J connectivity index is 2.10. The number of allylic oxidation sites excluding steroid dienone is 2. The minimum Gasteiger partial charge on any atom is -0.345 e. The molecular weight excluding hydrogens is 284 g/mol. The highest BCUT2D eigenvalue weighted by atomic mass is 16.3. The Hall–Kier alpha value is -0.670. The SMILES string of the molecule is CCCCCC/C=C/CCCCCC1=NCC[N+]1(CC)C(C)O. The summed E-state index contributed by atoms with van der Waals surface area (Å²) < 4.78 is 0.706. The van der Waals surface area contributed by atoms with Gasteiger partial charge in [-0.3, -0.25) is 4.48 Å². The van der Waals surface area contributed by atoms with E-state index in [1.165, 1.54) is 63.6 Å². The van der Waals surface area contributed by atoms with E-state index in [-0.39, 0.29) is 6.23 Å². The number of aliphatic imine (C=N–C) groups is 1. The maximum absolute atomic E-state index is 10.1. The number of amidine groups is 1. The Morgan fingerprint density at radius 1 is 1.04 bits per heavy atom. The van der Waals surface area contributed by atoms with Crippen LogP contribution in [0.5, 0.6) is 0 Å². The summed E-state index contributed by atoms with van der Waals surface area (Å²) in [4.78, 5) is 4.68. The van der Waals surface area contributed by atoms with E-state index in [0.29, 0.717) is 4.48 Å². The number of rotatable bonds is 13. The van der Waals surface area contributed by atoms with Crippen molar-refractivity contribution >= 4 is 5.84 Å². The van der Waals surface area contributed by atoms with Gasteiger partial charge in [-0.15, -0.1) is 0 Å². The molecular formula is C20H39N2O+. The summed E-state index contributed by atoms with van der Waals surface area (Å²) in [6.45, 7) is 9.16. The monoisotopic (exact) mass is 323 g/mol. The average molecular weight is 324 g/mol. The van der Waals surface area contributed by atoms with Crippen molar-refractivity contribution in [2.24, 2.45) is 4.99 Å². The van der Waals surface area contributed by atoms with Crippen LogP contribution in [-0.4, -0.2) is 41.3 Å². The molecule has 2 atom stereocenters. The second-order valence-corrected chi connectivity index (χ2v) is 6.92. The third kappa shape index (κ3) is 6.76. The predicted molar refractivity (Wildman–Crippen MR) is 101 cm³/mol. The Kier molecular flexibility index (Phi) is 10.5. The Morgan fingerprint density at radius 2 is 1.70 bits per heavy atom. The van der Waals surface area contributed by atoms with Crippen molar-refractivity contribution in [2.75, 3.05) is 19.6 Å². The zero-order valence-electron chi connectivity index (χ0n) is 15.8. The minimum absolute atomic E-state index is 0.322. The Morgan fingerprint density at radius 3 is 2.26 bits per heavy atom. The zero-order valence-corrected chi connectivity index (χ0v) is 15.8. The molecule has 1 heterocycles. The van der Waals surface area contributed by atoms with Crippen LogP contribution in [0.3, 0.4) is 0 Å². The second-order valence-electron chi connectivity index (χ2n) is 6.92. The van der Waals surface area contributed by atoms with Gasteiger partial charge in [0.25, 0.3) is 0 Å². The lowest BCUT2D eigenvalue weighted by Crippen LogP contribution is -2.56. The molecule has 0 spiro atoms. The lowest BCUT2D eigenvalue weighted by molar-refractivity contribution is -0.882. The topological polar surface area (TPSA) is 32.6 Å². The first-order valence-electron chi connectivity index (χ1n) is 9.91. The smallest absolute Gasteiger partial charge is 0.200 e. The Labute approximate surface area is 144 Å². The van der Waals surface area contributed by atoms with Gasteiger partial charge in [0.15, 0.2) is 6.23 Å². The highest BCUT2D eigenvalue weighted by Gasteiger charge is 2.40. The molecule has 0 aromatic rings. The van der Waals surface area contributed by atoms with Crippen LogP contribution in [0.2, 0.25) is 0 Å². The molecule has 23 heavy (non-hydrogen) atoms. The van der Waals surface area contributed by atoms with Crippen LogP contribution >= 0.6 is 0 Å². The Bertz CT molecular complexity index is 363. The van der Waals surface area contributed by atoms with Crippen molar-refractivity contribution in [3.8, 4) is 0 Å². The lowest BCUT2D eigenvalue weighted by Gasteiger charge is -2.36. The molecule has 0 aromatic carbocycles. The summed E-state index contributed by atoms with van der Waals surface area (Å²) in [7, 11) is 0. The van der Waals surface area contributed by atoms with Gasteiger partial charge in [-0.1, -0.05) is 44.8 Å². The van der Waals surface area contributed by atoms with Crippen LogP contribution < -0.4 is 0 Å². The normalized spacial score (nSPS) is 22.7. The van der Waals surface area contributed by atoms with Gasteiger partial charge in [-0.25, -0.2) is 4.99 Å². The van der Waals surface area contributed by atoms with Gasteiger partial charge in [0.2, 0.25) is 5.84 Å². The van der Waals surface area contributed by atoms with E-state index in [9.17, 15) is 5.11 Å². The van der Waals surface area contributed by atoms with E-state index in [1.807, 2.05) is 6.92 Å². The van der Waals surface area contributed by atoms with Crippen molar-refractivity contribution in [2.45, 2.75) is 91.2 Å². The summed E-state index contributed by atoms with van der Waals surface area (Å²) in [6, 6.07) is 0. The van der Waals surface area contributed by atoms with Crippen molar-refractivity contribution < 1.29 is 9.59 Å². The summed E-state index contributed by atoms with van der Waals surface area (Å²) in [6.07, 6.45) is 17.1. The molecule has 0 aliphatic carbocycles. The second kappa shape index (κ2) is 11.8. The average Bonchev–Trinajstić information content (AvgIpc) is 2.97. The number of nitrogens with zero attached hydrogens (tertiary/aromatic N) is 2. The van der Waals surface area contributed by atoms with Gasteiger partial charge in [0, 0.05) is 13.3 Å². The van der Waals surface area contributed by atoms with Gasteiger partial charge < -0.3 is 5.11 Å². The molecule has 0 radical (unpaired) electrons. The number of aliphatic hydroxyl groups excluding tert-OH is 1. The number of hydrogen-bond donors (Lipinski definition) is 1. The van der Waals surface area contributed by atoms with Crippen LogP contribution in [0.1, 0.15) is 85.0 Å². The predicted octanol–water partition coefficient (Wildman–Crippen LogP) is 5.05. The van der Waals surface area contributed by atoms with Crippen molar-refractivity contribution in [3.63, 3.8) is 0 Å². The summed E-state index contributed by atoms with van der Waals surface area (Å²) >= 11 is 0. The molecule has 0 amide bonds. The third-order valence-corrected chi connectivity index (χ3v) is 5.25. The molecule has 0 saturated carbocycles. The van der Waals surface area contributed by atoms with Crippen molar-refractivity contribution in [1.29, 1.82) is 0 Å². The molecule has 0 aromatic heterocycles. The standard InChI is InChI=1S/C20H39N2O/c1-4-6-7-8-9-10-11-12-13-14-15-16-20-21-17-18-22(20,5-2)19(3)23/h10-11,19,23H,4-9,12-18H2,1-3H3/q+1/b11-10+. The van der Waals surface area contributed by atoms with Gasteiger partial charge in [-0.2, -0.15) is 0 Å². The van der Waals surface area contributed by atoms with Gasteiger partial charge in [0.1, 0.15) is 6.54 Å². The van der Waals surface area contributed by atoms with Gasteiger partial charge in [-0.05, 0) is 39.0 Å². The quantitative estimate of drug-likeness (QED) is 0.287. The van der Waals surface area contributed by atoms with Gasteiger partial charge >= 0.3 is 0 Å². The zero-order chi connectivity index (χ0) is 17.0. The third-order valence-electron chi connectivity index (χ3n) is 5.25. The first-order chi connectivity index (χ1) is 11.2. The molecule has 134 valence electrons. The number of quaternary nitrogens is 1. The molecule has 3 nitrogen and oxygen atoms in total. The highest BCUT2D eigenvalue weighted by molar-refractivity contribution is 5.76. The molecule has 1 N–H and O–H groups in total. The first kappa shape index (κ1) is 20.4. The summed E-state index contributed by atoms with van der Waals surface area (Å²) in [5.41, 5.74) is 0. The fourth-order valence-corrected chi connectivity index (χ4v) is 3.58. The molecule has 1 aliphatic rings. The maximum Gasteiger partial charge on any atom is 0.200 e. The van der Waals surface area contributed by atoms with E-state index in [2.05, 4.69) is 31.0 Å². The fourth-order valence-electron chi connectivity index (χ4n) is 3.58. The first-order valence-corrected chi connectivity index (χ1v) is 9.91. The molecule has 0 bridgehead atoms. The van der Waals surface area contributed by atoms with Crippen LogP contribution in [0.25, 0.3) is 0 Å². The molecule has 3 heteroatoms. The molecule has 0 fully saturated rings. The van der Waals surface area contributed by atoms with E-state index in [0.717, 1.165) is 26.1 Å². The number of hydrogen-bond acceptors (Lipinski definition) is 2. The van der Waals surface area contributed by atoms with Crippen LogP contribution in [0.4, 0.5) is 0 Å². The summed E-state index contributed by atoms with van der Waals surface area (Å²) in [5, 5.41) is 10.1. The molecule has 2 unspecified atom stereocenters. The number of likely N-dealkylation sites (N-methyl/N-ethyl adjacent to an activating group) is 1. The van der Waals surface area contributed by atoms with E-state index in [1.54, 1.807) is 0 Å². The summed E-state index contributed by atoms with van der Waals surface area (Å²) in [5.74, 6) is 1.23.